The molecule has 0 aliphatic rings. The highest BCUT2D eigenvalue weighted by Crippen LogP contribution is 2.22. The monoisotopic (exact) mass is 300 g/mol. The van der Waals surface area contributed by atoms with Crippen molar-refractivity contribution in [1.29, 1.82) is 5.26 Å². The van der Waals surface area contributed by atoms with E-state index in [1.807, 2.05) is 31.2 Å². The van der Waals surface area contributed by atoms with Crippen molar-refractivity contribution in [3.63, 3.8) is 0 Å². The molecule has 0 aliphatic heterocycles. The Balaban J connectivity index is 1.96. The van der Waals surface area contributed by atoms with Crippen molar-refractivity contribution in [1.82, 2.24) is 5.32 Å². The van der Waals surface area contributed by atoms with Crippen LogP contribution >= 0.6 is 11.6 Å². The Bertz CT molecular complexity index is 634. The predicted molar refractivity (Wildman–Crippen MR) is 84.0 cm³/mol. The fourth-order valence-corrected chi connectivity index (χ4v) is 2.42. The Morgan fingerprint density at radius 2 is 1.86 bits per heavy atom. The van der Waals surface area contributed by atoms with Gasteiger partial charge in [0, 0.05) is 17.6 Å². The zero-order valence-electron chi connectivity index (χ0n) is 11.8. The Labute approximate surface area is 129 Å². The first kappa shape index (κ1) is 15.5. The molecule has 0 saturated carbocycles. The van der Waals surface area contributed by atoms with E-state index in [4.69, 9.17) is 16.9 Å². The van der Waals surface area contributed by atoms with Crippen LogP contribution in [0.1, 0.15) is 35.8 Å². The van der Waals surface area contributed by atoms with Gasteiger partial charge in [-0.25, -0.2) is 0 Å². The van der Waals surface area contributed by atoms with Crippen molar-refractivity contribution in [2.75, 3.05) is 6.54 Å². The number of benzene rings is 2. The molecule has 0 aliphatic carbocycles. The van der Waals surface area contributed by atoms with Crippen LogP contribution in [0.3, 0.4) is 0 Å². The molecule has 4 heteroatoms. The van der Waals surface area contributed by atoms with Crippen molar-refractivity contribution in [3.05, 3.63) is 70.2 Å². The van der Waals surface area contributed by atoms with E-state index in [1.165, 1.54) is 0 Å². The molecule has 2 N–H and O–H groups in total. The van der Waals surface area contributed by atoms with E-state index in [-0.39, 0.29) is 6.04 Å². The molecule has 0 saturated heterocycles. The fraction of sp³-hybridized carbons (Fsp3) is 0.235. The molecule has 0 radical (unpaired) electrons. The quantitative estimate of drug-likeness (QED) is 0.887. The molecule has 2 aromatic rings. The Morgan fingerprint density at radius 1 is 1.19 bits per heavy atom. The van der Waals surface area contributed by atoms with E-state index in [0.29, 0.717) is 17.1 Å². The second-order valence-corrected chi connectivity index (χ2v) is 5.31. The van der Waals surface area contributed by atoms with Gasteiger partial charge in [-0.1, -0.05) is 41.9 Å². The van der Waals surface area contributed by atoms with Gasteiger partial charge in [-0.3, -0.25) is 0 Å². The summed E-state index contributed by atoms with van der Waals surface area (Å²) in [7, 11) is 0. The van der Waals surface area contributed by atoms with Gasteiger partial charge in [0.05, 0.1) is 17.7 Å². The van der Waals surface area contributed by atoms with E-state index in [2.05, 4.69) is 11.4 Å². The molecule has 2 rings (SSSR count). The van der Waals surface area contributed by atoms with Crippen LogP contribution in [0.5, 0.6) is 0 Å². The van der Waals surface area contributed by atoms with Gasteiger partial charge >= 0.3 is 0 Å². The molecule has 0 aromatic heterocycles. The van der Waals surface area contributed by atoms with Gasteiger partial charge in [0.25, 0.3) is 0 Å². The van der Waals surface area contributed by atoms with Gasteiger partial charge in [0.15, 0.2) is 0 Å². The van der Waals surface area contributed by atoms with Crippen molar-refractivity contribution < 1.29 is 5.11 Å². The minimum atomic E-state index is -0.623. The lowest BCUT2D eigenvalue weighted by atomic mass is 10.1. The number of rotatable bonds is 5. The van der Waals surface area contributed by atoms with Gasteiger partial charge in [-0.05, 0) is 36.2 Å². The highest BCUT2D eigenvalue weighted by atomic mass is 35.5. The van der Waals surface area contributed by atoms with Gasteiger partial charge in [-0.15, -0.1) is 0 Å². The zero-order valence-corrected chi connectivity index (χ0v) is 12.5. The number of aliphatic hydroxyl groups is 1. The lowest BCUT2D eigenvalue weighted by Crippen LogP contribution is -2.24. The third-order valence-corrected chi connectivity index (χ3v) is 3.76. The molecule has 0 heterocycles. The second-order valence-electron chi connectivity index (χ2n) is 4.90. The summed E-state index contributed by atoms with van der Waals surface area (Å²) >= 11 is 6.15. The van der Waals surface area contributed by atoms with Gasteiger partial charge in [0.2, 0.25) is 0 Å². The van der Waals surface area contributed by atoms with Crippen LogP contribution in [0.4, 0.5) is 0 Å². The minimum absolute atomic E-state index is 0.0479. The van der Waals surface area contributed by atoms with Gasteiger partial charge in [0.1, 0.15) is 0 Å². The fourth-order valence-electron chi connectivity index (χ4n) is 2.12. The molecular formula is C17H17ClN2O. The normalized spacial score (nSPS) is 13.4. The number of hydrogen-bond acceptors (Lipinski definition) is 3. The smallest absolute Gasteiger partial charge is 0.0991 e. The Kier molecular flexibility index (Phi) is 5.35. The van der Waals surface area contributed by atoms with Crippen molar-refractivity contribution in [3.8, 4) is 6.07 Å². The number of hydrogen-bond donors (Lipinski definition) is 2. The largest absolute Gasteiger partial charge is 0.387 e. The maximum absolute atomic E-state index is 10.2. The summed E-state index contributed by atoms with van der Waals surface area (Å²) in [6.07, 6.45) is -0.623. The summed E-state index contributed by atoms with van der Waals surface area (Å²) < 4.78 is 0. The van der Waals surface area contributed by atoms with Crippen LogP contribution in [0.25, 0.3) is 0 Å². The van der Waals surface area contributed by atoms with E-state index < -0.39 is 6.10 Å². The number of nitrogens with one attached hydrogen (secondary N) is 1. The summed E-state index contributed by atoms with van der Waals surface area (Å²) in [4.78, 5) is 0. The van der Waals surface area contributed by atoms with Gasteiger partial charge < -0.3 is 10.4 Å². The summed E-state index contributed by atoms with van der Waals surface area (Å²) in [6, 6.07) is 16.7. The zero-order chi connectivity index (χ0) is 15.2. The van der Waals surface area contributed by atoms with Crippen LogP contribution in [-0.2, 0) is 0 Å². The highest BCUT2D eigenvalue weighted by Gasteiger charge is 2.12. The van der Waals surface area contributed by atoms with Crippen molar-refractivity contribution in [2.45, 2.75) is 19.1 Å². The molecule has 108 valence electrons. The number of halogens is 1. The number of nitrogens with zero attached hydrogens (tertiary/aromatic N) is 1. The highest BCUT2D eigenvalue weighted by molar-refractivity contribution is 6.31. The maximum atomic E-state index is 10.2. The molecule has 21 heavy (non-hydrogen) atoms. The molecule has 0 spiro atoms. The topological polar surface area (TPSA) is 56.0 Å². The molecule has 2 unspecified atom stereocenters. The summed E-state index contributed by atoms with van der Waals surface area (Å²) in [6.45, 7) is 2.42. The summed E-state index contributed by atoms with van der Waals surface area (Å²) in [5, 5.41) is 22.9. The third-order valence-electron chi connectivity index (χ3n) is 3.41. The molecule has 0 fully saturated rings. The van der Waals surface area contributed by atoms with Crippen LogP contribution in [0.15, 0.2) is 48.5 Å². The molecule has 0 amide bonds. The predicted octanol–water partition coefficient (Wildman–Crippen LogP) is 3.60. The number of aliphatic hydroxyl groups excluding tert-OH is 1. The summed E-state index contributed by atoms with van der Waals surface area (Å²) in [5.41, 5.74) is 2.38. The molecule has 0 bridgehead atoms. The van der Waals surface area contributed by atoms with E-state index in [9.17, 15) is 5.11 Å². The van der Waals surface area contributed by atoms with Gasteiger partial charge in [-0.2, -0.15) is 5.26 Å². The van der Waals surface area contributed by atoms with Crippen molar-refractivity contribution >= 4 is 11.6 Å². The van der Waals surface area contributed by atoms with Crippen molar-refractivity contribution in [2.24, 2.45) is 0 Å². The summed E-state index contributed by atoms with van der Waals surface area (Å²) in [5.74, 6) is 0. The van der Waals surface area contributed by atoms with Crippen LogP contribution < -0.4 is 5.32 Å². The molecule has 3 nitrogen and oxygen atoms in total. The Hall–Kier alpha value is -1.86. The average Bonchev–Trinajstić information content (AvgIpc) is 2.52. The second kappa shape index (κ2) is 7.24. The average molecular weight is 301 g/mol. The maximum Gasteiger partial charge on any atom is 0.0991 e. The minimum Gasteiger partial charge on any atom is -0.387 e. The molecule has 2 atom stereocenters. The first-order valence-electron chi connectivity index (χ1n) is 6.77. The third kappa shape index (κ3) is 4.05. The first-order chi connectivity index (χ1) is 10.1. The molecule has 2 aromatic carbocycles. The number of nitriles is 1. The van der Waals surface area contributed by atoms with Crippen LogP contribution in [0, 0.1) is 11.3 Å². The lowest BCUT2D eigenvalue weighted by Gasteiger charge is -2.18. The first-order valence-corrected chi connectivity index (χ1v) is 7.15. The van der Waals surface area contributed by atoms with Crippen LogP contribution in [0.2, 0.25) is 5.02 Å². The van der Waals surface area contributed by atoms with E-state index in [0.717, 1.165) is 11.1 Å². The van der Waals surface area contributed by atoms with E-state index >= 15 is 0 Å². The van der Waals surface area contributed by atoms with E-state index in [1.54, 1.807) is 24.3 Å². The van der Waals surface area contributed by atoms with Crippen LogP contribution in [-0.4, -0.2) is 11.7 Å². The lowest BCUT2D eigenvalue weighted by molar-refractivity contribution is 0.171. The molecular weight excluding hydrogens is 284 g/mol. The SMILES string of the molecule is CC(NCC(O)c1ccc(C#N)cc1)c1ccccc1Cl. The standard InChI is InChI=1S/C17H17ClN2O/c1-12(15-4-2-3-5-16(15)18)20-11-17(21)14-8-6-13(10-19)7-9-14/h2-9,12,17,20-21H,11H2,1H3. The Morgan fingerprint density at radius 3 is 2.48 bits per heavy atom.